The van der Waals surface area contributed by atoms with Crippen molar-refractivity contribution >= 4 is 22.1 Å². The topological polar surface area (TPSA) is 85.4 Å². The molecule has 0 saturated heterocycles. The van der Waals surface area contributed by atoms with Gasteiger partial charge in [-0.1, -0.05) is 0 Å². The minimum atomic E-state index is -2.85. The third-order valence-corrected chi connectivity index (χ3v) is 3.56. The lowest BCUT2D eigenvalue weighted by Crippen LogP contribution is -2.07. The molecule has 18 heavy (non-hydrogen) atoms. The number of hydrogen-bond donors (Lipinski definition) is 2. The van der Waals surface area contributed by atoms with Crippen molar-refractivity contribution in [2.45, 2.75) is 11.3 Å². The van der Waals surface area contributed by atoms with Crippen molar-refractivity contribution in [2.24, 2.45) is 5.73 Å². The number of nitrogens with one attached hydrogen (secondary N) is 1. The Balaban J connectivity index is 0.00000289. The highest BCUT2D eigenvalue weighted by atomic mass is 35.5. The van der Waals surface area contributed by atoms with E-state index in [0.717, 1.165) is 5.56 Å². The van der Waals surface area contributed by atoms with Gasteiger partial charge < -0.3 is 15.2 Å². The van der Waals surface area contributed by atoms with Crippen LogP contribution in [0.1, 0.15) is 5.56 Å². The van der Waals surface area contributed by atoms with Crippen LogP contribution in [0.25, 0.3) is 0 Å². The highest BCUT2D eigenvalue weighted by Gasteiger charge is 2.15. The number of ether oxygens (including phenoxy) is 2. The molecule has 104 valence electrons. The van der Waals surface area contributed by atoms with E-state index >= 15 is 0 Å². The van der Waals surface area contributed by atoms with Crippen LogP contribution in [-0.2, 0) is 16.1 Å². The minimum absolute atomic E-state index is 0. The van der Waals surface area contributed by atoms with Gasteiger partial charge in [-0.15, -0.1) is 12.4 Å². The highest BCUT2D eigenvalue weighted by Crippen LogP contribution is 2.32. The summed E-state index contributed by atoms with van der Waals surface area (Å²) in [4.78, 5) is 0.345. The molecule has 1 aromatic carbocycles. The maximum atomic E-state index is 11.8. The predicted octanol–water partition coefficient (Wildman–Crippen LogP) is 1.66. The number of benzene rings is 1. The van der Waals surface area contributed by atoms with Crippen molar-refractivity contribution in [2.75, 3.05) is 27.0 Å². The van der Waals surface area contributed by atoms with E-state index in [2.05, 4.69) is 0 Å². The Bertz CT molecular complexity index is 503. The van der Waals surface area contributed by atoms with Gasteiger partial charge in [-0.3, -0.25) is 0 Å². The molecule has 0 saturated carbocycles. The molecule has 3 N–H and O–H groups in total. The summed E-state index contributed by atoms with van der Waals surface area (Å²) in [7, 11) is 0.177. The molecule has 0 aliphatic carbocycles. The molecule has 0 amide bonds. The third-order valence-electron chi connectivity index (χ3n) is 2.40. The summed E-state index contributed by atoms with van der Waals surface area (Å²) in [5, 5.41) is 0. The molecular formula is C11H19ClN2O3S. The largest absolute Gasteiger partial charge is 0.496 e. The normalized spacial score (nSPS) is 13.3. The quantitative estimate of drug-likeness (QED) is 0.865. The number of hydrogen-bond acceptors (Lipinski definition) is 5. The Labute approximate surface area is 114 Å². The zero-order chi connectivity index (χ0) is 13.1. The van der Waals surface area contributed by atoms with Crippen molar-refractivity contribution < 1.29 is 13.7 Å². The maximum absolute atomic E-state index is 11.8. The minimum Gasteiger partial charge on any atom is -0.496 e. The number of nitrogens with two attached hydrogens (primary N) is 1. The molecule has 0 bridgehead atoms. The van der Waals surface area contributed by atoms with Gasteiger partial charge in [-0.05, 0) is 24.6 Å². The van der Waals surface area contributed by atoms with Crippen molar-refractivity contribution in [1.82, 2.24) is 0 Å². The van der Waals surface area contributed by atoms with E-state index in [1.54, 1.807) is 12.1 Å². The van der Waals surface area contributed by atoms with Crippen LogP contribution in [-0.4, -0.2) is 31.2 Å². The van der Waals surface area contributed by atoms with E-state index in [4.69, 9.17) is 20.0 Å². The Morgan fingerprint density at radius 3 is 2.22 bits per heavy atom. The van der Waals surface area contributed by atoms with Gasteiger partial charge in [0.15, 0.2) is 0 Å². The van der Waals surface area contributed by atoms with Crippen molar-refractivity contribution in [3.05, 3.63) is 17.7 Å². The smallest absolute Gasteiger partial charge is 0.136 e. The first-order valence-corrected chi connectivity index (χ1v) is 7.09. The summed E-state index contributed by atoms with van der Waals surface area (Å²) in [6.45, 7) is 0.487. The monoisotopic (exact) mass is 294 g/mol. The lowest BCUT2D eigenvalue weighted by atomic mass is 10.1. The Morgan fingerprint density at radius 1 is 1.28 bits per heavy atom. The summed E-state index contributed by atoms with van der Waals surface area (Å²) < 4.78 is 29.8. The van der Waals surface area contributed by atoms with Crippen LogP contribution in [0.4, 0.5) is 0 Å². The van der Waals surface area contributed by atoms with Gasteiger partial charge in [0.2, 0.25) is 0 Å². The Kier molecular flexibility index (Phi) is 6.45. The van der Waals surface area contributed by atoms with Gasteiger partial charge in [-0.2, -0.15) is 0 Å². The fourth-order valence-electron chi connectivity index (χ4n) is 1.59. The van der Waals surface area contributed by atoms with Gasteiger partial charge in [0, 0.05) is 12.3 Å². The average Bonchev–Trinajstić information content (AvgIpc) is 2.27. The van der Waals surface area contributed by atoms with Crippen LogP contribution in [0.3, 0.4) is 0 Å². The lowest BCUT2D eigenvalue weighted by molar-refractivity contribution is 0.389. The van der Waals surface area contributed by atoms with E-state index in [9.17, 15) is 4.21 Å². The van der Waals surface area contributed by atoms with Crippen LogP contribution >= 0.6 is 12.4 Å². The molecule has 0 aromatic heterocycles. The van der Waals surface area contributed by atoms with Gasteiger partial charge in [0.25, 0.3) is 0 Å². The standard InChI is InChI=1S/C11H18N2O3S.ClH/c1-15-9-7-11(17(3,13)14)10(16-2)6-8(9)4-5-12;/h6-7,13H,4-5,12H2,1-3H3;1H. The molecule has 7 heteroatoms. The van der Waals surface area contributed by atoms with Crippen molar-refractivity contribution in [3.8, 4) is 11.5 Å². The number of methoxy groups -OCH3 is 2. The predicted molar refractivity (Wildman–Crippen MR) is 74.6 cm³/mol. The fraction of sp³-hybridized carbons (Fsp3) is 0.455. The van der Waals surface area contributed by atoms with E-state index in [1.165, 1.54) is 20.5 Å². The van der Waals surface area contributed by atoms with Crippen molar-refractivity contribution in [1.29, 1.82) is 4.78 Å². The molecule has 1 unspecified atom stereocenters. The molecule has 5 nitrogen and oxygen atoms in total. The molecule has 1 rings (SSSR count). The van der Waals surface area contributed by atoms with Crippen LogP contribution in [0.5, 0.6) is 11.5 Å². The van der Waals surface area contributed by atoms with Crippen LogP contribution in [0, 0.1) is 4.78 Å². The average molecular weight is 295 g/mol. The van der Waals surface area contributed by atoms with Gasteiger partial charge >= 0.3 is 0 Å². The Morgan fingerprint density at radius 2 is 1.83 bits per heavy atom. The fourth-order valence-corrected chi connectivity index (χ4v) is 2.45. The number of rotatable bonds is 5. The maximum Gasteiger partial charge on any atom is 0.136 e. The highest BCUT2D eigenvalue weighted by molar-refractivity contribution is 7.91. The Hall–Kier alpha value is -0.980. The summed E-state index contributed by atoms with van der Waals surface area (Å²) in [5.41, 5.74) is 6.40. The molecular weight excluding hydrogens is 276 g/mol. The summed E-state index contributed by atoms with van der Waals surface area (Å²) in [6, 6.07) is 3.33. The van der Waals surface area contributed by atoms with Gasteiger partial charge in [0.05, 0.1) is 28.8 Å². The molecule has 0 aliphatic rings. The molecule has 1 aromatic rings. The van der Waals surface area contributed by atoms with E-state index in [1.807, 2.05) is 0 Å². The molecule has 0 heterocycles. The summed E-state index contributed by atoms with van der Waals surface area (Å²) in [6.07, 6.45) is 2.00. The SMILES string of the molecule is COc1cc(S(C)(=N)=O)c(OC)cc1CCN.Cl. The van der Waals surface area contributed by atoms with Crippen LogP contribution < -0.4 is 15.2 Å². The van der Waals surface area contributed by atoms with Crippen LogP contribution in [0.15, 0.2) is 17.0 Å². The zero-order valence-corrected chi connectivity index (χ0v) is 12.3. The second-order valence-electron chi connectivity index (χ2n) is 3.70. The summed E-state index contributed by atoms with van der Waals surface area (Å²) in [5.74, 6) is 1.03. The second kappa shape index (κ2) is 6.82. The first-order valence-electron chi connectivity index (χ1n) is 5.12. The van der Waals surface area contributed by atoms with E-state index in [0.29, 0.717) is 29.4 Å². The zero-order valence-electron chi connectivity index (χ0n) is 10.7. The molecule has 0 spiro atoms. The first-order chi connectivity index (χ1) is 7.93. The lowest BCUT2D eigenvalue weighted by Gasteiger charge is -2.14. The third kappa shape index (κ3) is 3.76. The van der Waals surface area contributed by atoms with E-state index < -0.39 is 9.73 Å². The molecule has 0 fully saturated rings. The molecule has 0 radical (unpaired) electrons. The first kappa shape index (κ1) is 17.0. The van der Waals surface area contributed by atoms with Crippen LogP contribution in [0.2, 0.25) is 0 Å². The number of halogens is 1. The molecule has 0 aliphatic heterocycles. The summed E-state index contributed by atoms with van der Waals surface area (Å²) >= 11 is 0. The van der Waals surface area contributed by atoms with E-state index in [-0.39, 0.29) is 12.4 Å². The molecule has 1 atom stereocenters. The second-order valence-corrected chi connectivity index (χ2v) is 5.82. The van der Waals surface area contributed by atoms with Gasteiger partial charge in [-0.25, -0.2) is 8.99 Å². The van der Waals surface area contributed by atoms with Crippen molar-refractivity contribution in [3.63, 3.8) is 0 Å². The van der Waals surface area contributed by atoms with Gasteiger partial charge in [0.1, 0.15) is 11.5 Å².